The average molecular weight is 299 g/mol. The smallest absolute Gasteiger partial charge is 0.335 e. The Morgan fingerprint density at radius 2 is 2.20 bits per heavy atom. The molecule has 20 heavy (non-hydrogen) atoms. The lowest BCUT2D eigenvalue weighted by molar-refractivity contribution is 0.0695. The molecular weight excluding hydrogens is 282 g/mol. The van der Waals surface area contributed by atoms with Gasteiger partial charge >= 0.3 is 5.97 Å². The van der Waals surface area contributed by atoms with Gasteiger partial charge in [-0.25, -0.2) is 17.9 Å². The molecule has 2 N–H and O–H groups in total. The third kappa shape index (κ3) is 3.17. The molecule has 2 rings (SSSR count). The highest BCUT2D eigenvalue weighted by Crippen LogP contribution is 2.20. The minimum atomic E-state index is -3.74. The molecule has 1 aromatic carbocycles. The van der Waals surface area contributed by atoms with E-state index in [-0.39, 0.29) is 22.1 Å². The average Bonchev–Trinajstić information content (AvgIpc) is 2.39. The van der Waals surface area contributed by atoms with E-state index in [1.807, 2.05) is 0 Å². The SMILES string of the molecule is Cc1c(C(=O)O)cccc1S(=O)(=O)NC1CCCOC1. The van der Waals surface area contributed by atoms with Crippen LogP contribution in [-0.2, 0) is 14.8 Å². The first-order valence-electron chi connectivity index (χ1n) is 6.35. The Bertz CT molecular complexity index is 605. The summed E-state index contributed by atoms with van der Waals surface area (Å²) in [5.41, 5.74) is 0.233. The molecule has 0 aromatic heterocycles. The van der Waals surface area contributed by atoms with Crippen LogP contribution in [0.4, 0.5) is 0 Å². The molecule has 1 aromatic rings. The third-order valence-electron chi connectivity index (χ3n) is 3.29. The number of carbonyl (C=O) groups is 1. The number of benzene rings is 1. The van der Waals surface area contributed by atoms with E-state index in [0.717, 1.165) is 12.8 Å². The van der Waals surface area contributed by atoms with Gasteiger partial charge < -0.3 is 9.84 Å². The molecule has 1 aliphatic heterocycles. The Morgan fingerprint density at radius 1 is 1.45 bits per heavy atom. The molecule has 1 aliphatic rings. The highest BCUT2D eigenvalue weighted by Gasteiger charge is 2.25. The van der Waals surface area contributed by atoms with E-state index in [4.69, 9.17) is 9.84 Å². The number of carboxylic acids is 1. The number of hydrogen-bond acceptors (Lipinski definition) is 4. The van der Waals surface area contributed by atoms with Crippen molar-refractivity contribution < 1.29 is 23.1 Å². The predicted molar refractivity (Wildman–Crippen MR) is 72.3 cm³/mol. The fraction of sp³-hybridized carbons (Fsp3) is 0.462. The molecule has 0 bridgehead atoms. The van der Waals surface area contributed by atoms with Gasteiger partial charge in [-0.3, -0.25) is 0 Å². The fourth-order valence-electron chi connectivity index (χ4n) is 2.25. The molecule has 0 aliphatic carbocycles. The van der Waals surface area contributed by atoms with Crippen molar-refractivity contribution in [1.29, 1.82) is 0 Å². The summed E-state index contributed by atoms with van der Waals surface area (Å²) in [5.74, 6) is -1.14. The Balaban J connectivity index is 2.29. The van der Waals surface area contributed by atoms with Gasteiger partial charge in [0.1, 0.15) is 0 Å². The molecule has 0 spiro atoms. The highest BCUT2D eigenvalue weighted by atomic mass is 32.2. The molecule has 7 heteroatoms. The standard InChI is InChI=1S/C13H17NO5S/c1-9-11(13(15)16)5-2-6-12(9)20(17,18)14-10-4-3-7-19-8-10/h2,5-6,10,14H,3-4,7-8H2,1H3,(H,15,16). The van der Waals surface area contributed by atoms with Crippen molar-refractivity contribution >= 4 is 16.0 Å². The monoisotopic (exact) mass is 299 g/mol. The second-order valence-corrected chi connectivity index (χ2v) is 6.45. The first-order valence-corrected chi connectivity index (χ1v) is 7.83. The van der Waals surface area contributed by atoms with Crippen molar-refractivity contribution in [3.63, 3.8) is 0 Å². The summed E-state index contributed by atoms with van der Waals surface area (Å²) in [6.07, 6.45) is 1.53. The van der Waals surface area contributed by atoms with Crippen LogP contribution in [0.2, 0.25) is 0 Å². The van der Waals surface area contributed by atoms with Gasteiger partial charge in [-0.2, -0.15) is 0 Å². The molecular formula is C13H17NO5S. The summed E-state index contributed by atoms with van der Waals surface area (Å²) >= 11 is 0. The lowest BCUT2D eigenvalue weighted by atomic mass is 10.1. The van der Waals surface area contributed by atoms with Crippen molar-refractivity contribution in [1.82, 2.24) is 4.72 Å². The van der Waals surface area contributed by atoms with E-state index in [1.54, 1.807) is 0 Å². The first-order chi connectivity index (χ1) is 9.42. The van der Waals surface area contributed by atoms with Crippen molar-refractivity contribution in [3.8, 4) is 0 Å². The van der Waals surface area contributed by atoms with Gasteiger partial charge in [0.25, 0.3) is 0 Å². The van der Waals surface area contributed by atoms with Crippen LogP contribution in [0.1, 0.15) is 28.8 Å². The van der Waals surface area contributed by atoms with E-state index < -0.39 is 16.0 Å². The number of aromatic carboxylic acids is 1. The normalized spacial score (nSPS) is 19.8. The molecule has 1 atom stereocenters. The number of nitrogens with one attached hydrogen (secondary N) is 1. The van der Waals surface area contributed by atoms with Crippen LogP contribution in [0, 0.1) is 6.92 Å². The second-order valence-electron chi connectivity index (χ2n) is 4.77. The van der Waals surface area contributed by atoms with Crippen LogP contribution in [0.15, 0.2) is 23.1 Å². The number of sulfonamides is 1. The lowest BCUT2D eigenvalue weighted by Gasteiger charge is -2.23. The van der Waals surface area contributed by atoms with Crippen LogP contribution in [-0.4, -0.2) is 38.7 Å². The van der Waals surface area contributed by atoms with E-state index >= 15 is 0 Å². The van der Waals surface area contributed by atoms with Crippen LogP contribution < -0.4 is 4.72 Å². The molecule has 1 saturated heterocycles. The van der Waals surface area contributed by atoms with Gasteiger partial charge in [-0.15, -0.1) is 0 Å². The number of ether oxygens (including phenoxy) is 1. The van der Waals surface area contributed by atoms with Gasteiger partial charge in [-0.1, -0.05) is 6.07 Å². The van der Waals surface area contributed by atoms with Crippen molar-refractivity contribution in [3.05, 3.63) is 29.3 Å². The molecule has 0 saturated carbocycles. The minimum Gasteiger partial charge on any atom is -0.478 e. The summed E-state index contributed by atoms with van der Waals surface area (Å²) in [6.45, 7) is 2.48. The summed E-state index contributed by atoms with van der Waals surface area (Å²) < 4.78 is 32.5. The maximum Gasteiger partial charge on any atom is 0.335 e. The maximum atomic E-state index is 12.3. The van der Waals surface area contributed by atoms with E-state index in [0.29, 0.717) is 13.2 Å². The Hall–Kier alpha value is -1.44. The van der Waals surface area contributed by atoms with Gasteiger partial charge in [0.05, 0.1) is 17.1 Å². The molecule has 1 heterocycles. The van der Waals surface area contributed by atoms with E-state index in [9.17, 15) is 13.2 Å². The summed E-state index contributed by atoms with van der Waals surface area (Å²) in [7, 11) is -3.74. The highest BCUT2D eigenvalue weighted by molar-refractivity contribution is 7.89. The van der Waals surface area contributed by atoms with E-state index in [1.165, 1.54) is 25.1 Å². The number of hydrogen-bond donors (Lipinski definition) is 2. The van der Waals surface area contributed by atoms with E-state index in [2.05, 4.69) is 4.72 Å². The van der Waals surface area contributed by atoms with Gasteiger partial charge in [0.2, 0.25) is 10.0 Å². The van der Waals surface area contributed by atoms with Crippen LogP contribution >= 0.6 is 0 Å². The fourth-order valence-corrected chi connectivity index (χ4v) is 3.78. The quantitative estimate of drug-likeness (QED) is 0.870. The predicted octanol–water partition coefficient (Wildman–Crippen LogP) is 1.15. The first kappa shape index (κ1) is 15.0. The summed E-state index contributed by atoms with van der Waals surface area (Å²) in [6, 6.07) is 3.97. The van der Waals surface area contributed by atoms with Crippen molar-refractivity contribution in [2.24, 2.45) is 0 Å². The Kier molecular flexibility index (Phi) is 4.42. The lowest BCUT2D eigenvalue weighted by Crippen LogP contribution is -2.40. The minimum absolute atomic E-state index is 0.00275. The zero-order valence-electron chi connectivity index (χ0n) is 11.1. The summed E-state index contributed by atoms with van der Waals surface area (Å²) in [5, 5.41) is 9.04. The Morgan fingerprint density at radius 3 is 2.80 bits per heavy atom. The Labute approximate surface area is 117 Å². The maximum absolute atomic E-state index is 12.3. The van der Waals surface area contributed by atoms with Gasteiger partial charge in [0, 0.05) is 12.6 Å². The van der Waals surface area contributed by atoms with Crippen LogP contribution in [0.3, 0.4) is 0 Å². The molecule has 0 radical (unpaired) electrons. The molecule has 0 amide bonds. The second kappa shape index (κ2) is 5.90. The molecule has 6 nitrogen and oxygen atoms in total. The number of carboxylic acid groups (broad SMARTS) is 1. The van der Waals surface area contributed by atoms with Crippen LogP contribution in [0.25, 0.3) is 0 Å². The molecule has 1 fully saturated rings. The van der Waals surface area contributed by atoms with Crippen molar-refractivity contribution in [2.75, 3.05) is 13.2 Å². The summed E-state index contributed by atoms with van der Waals surface area (Å²) in [4.78, 5) is 11.1. The largest absolute Gasteiger partial charge is 0.478 e. The van der Waals surface area contributed by atoms with Crippen LogP contribution in [0.5, 0.6) is 0 Å². The number of rotatable bonds is 4. The van der Waals surface area contributed by atoms with Gasteiger partial charge in [0.15, 0.2) is 0 Å². The van der Waals surface area contributed by atoms with Gasteiger partial charge in [-0.05, 0) is 37.5 Å². The van der Waals surface area contributed by atoms with Crippen molar-refractivity contribution in [2.45, 2.75) is 30.7 Å². The molecule has 1 unspecified atom stereocenters. The topological polar surface area (TPSA) is 92.7 Å². The third-order valence-corrected chi connectivity index (χ3v) is 4.95. The zero-order valence-corrected chi connectivity index (χ0v) is 11.9. The zero-order chi connectivity index (χ0) is 14.8. The molecule has 110 valence electrons.